The summed E-state index contributed by atoms with van der Waals surface area (Å²) < 4.78 is 9.91. The standard InChI is InChI=1S/C12H20O4/c1-3-16-11(14)8-10(13)12(9-15-2)6-4-5-7-12/h3-9H2,1-2H3. The van der Waals surface area contributed by atoms with Gasteiger partial charge in [0.05, 0.1) is 18.6 Å². The van der Waals surface area contributed by atoms with Crippen molar-refractivity contribution in [1.29, 1.82) is 0 Å². The summed E-state index contributed by atoms with van der Waals surface area (Å²) in [6.45, 7) is 2.48. The molecule has 1 rings (SSSR count). The molecule has 1 fully saturated rings. The first-order valence-corrected chi connectivity index (χ1v) is 5.82. The number of esters is 1. The van der Waals surface area contributed by atoms with Gasteiger partial charge in [-0.15, -0.1) is 0 Å². The Morgan fingerprint density at radius 3 is 2.38 bits per heavy atom. The van der Waals surface area contributed by atoms with Gasteiger partial charge in [-0.1, -0.05) is 12.8 Å². The van der Waals surface area contributed by atoms with Crippen LogP contribution in [0.15, 0.2) is 0 Å². The Morgan fingerprint density at radius 1 is 1.25 bits per heavy atom. The maximum absolute atomic E-state index is 12.1. The zero-order valence-corrected chi connectivity index (χ0v) is 10.1. The van der Waals surface area contributed by atoms with Crippen molar-refractivity contribution in [2.24, 2.45) is 5.41 Å². The van der Waals surface area contributed by atoms with E-state index in [-0.39, 0.29) is 12.2 Å². The molecule has 16 heavy (non-hydrogen) atoms. The van der Waals surface area contributed by atoms with E-state index >= 15 is 0 Å². The van der Waals surface area contributed by atoms with Crippen molar-refractivity contribution in [1.82, 2.24) is 0 Å². The molecule has 0 saturated heterocycles. The molecular weight excluding hydrogens is 208 g/mol. The van der Waals surface area contributed by atoms with Gasteiger partial charge in [0.1, 0.15) is 6.42 Å². The number of ether oxygens (including phenoxy) is 2. The van der Waals surface area contributed by atoms with E-state index < -0.39 is 11.4 Å². The van der Waals surface area contributed by atoms with Gasteiger partial charge < -0.3 is 9.47 Å². The summed E-state index contributed by atoms with van der Waals surface area (Å²) >= 11 is 0. The fourth-order valence-electron chi connectivity index (χ4n) is 2.36. The van der Waals surface area contributed by atoms with Gasteiger partial charge in [0.2, 0.25) is 0 Å². The van der Waals surface area contributed by atoms with E-state index in [0.717, 1.165) is 25.7 Å². The molecule has 0 spiro atoms. The highest BCUT2D eigenvalue weighted by Crippen LogP contribution is 2.40. The molecule has 1 aliphatic rings. The fraction of sp³-hybridized carbons (Fsp3) is 0.833. The van der Waals surface area contributed by atoms with E-state index in [4.69, 9.17) is 9.47 Å². The number of Topliss-reactive ketones (excluding diaryl/α,β-unsaturated/α-hetero) is 1. The normalized spacial score (nSPS) is 18.4. The highest BCUT2D eigenvalue weighted by molar-refractivity contribution is 5.99. The van der Waals surface area contributed by atoms with Crippen molar-refractivity contribution in [2.45, 2.75) is 39.0 Å². The maximum Gasteiger partial charge on any atom is 0.313 e. The van der Waals surface area contributed by atoms with Crippen molar-refractivity contribution >= 4 is 11.8 Å². The molecule has 0 unspecified atom stereocenters. The lowest BCUT2D eigenvalue weighted by molar-refractivity contribution is -0.148. The van der Waals surface area contributed by atoms with Crippen molar-refractivity contribution in [3.63, 3.8) is 0 Å². The highest BCUT2D eigenvalue weighted by atomic mass is 16.5. The van der Waals surface area contributed by atoms with Crippen LogP contribution in [-0.4, -0.2) is 32.1 Å². The van der Waals surface area contributed by atoms with Crippen LogP contribution in [-0.2, 0) is 19.1 Å². The van der Waals surface area contributed by atoms with Gasteiger partial charge in [-0.25, -0.2) is 0 Å². The SMILES string of the molecule is CCOC(=O)CC(=O)C1(COC)CCCC1. The minimum Gasteiger partial charge on any atom is -0.466 e. The molecule has 4 heteroatoms. The van der Waals surface area contributed by atoms with Crippen LogP contribution >= 0.6 is 0 Å². The minimum atomic E-state index is -0.429. The quantitative estimate of drug-likeness (QED) is 0.513. The maximum atomic E-state index is 12.1. The molecule has 0 heterocycles. The van der Waals surface area contributed by atoms with Crippen molar-refractivity contribution in [3.8, 4) is 0 Å². The topological polar surface area (TPSA) is 52.6 Å². The van der Waals surface area contributed by atoms with E-state index in [2.05, 4.69) is 0 Å². The Hall–Kier alpha value is -0.900. The summed E-state index contributed by atoms with van der Waals surface area (Å²) in [4.78, 5) is 23.3. The average Bonchev–Trinajstić information content (AvgIpc) is 2.68. The second kappa shape index (κ2) is 5.99. The third-order valence-corrected chi connectivity index (χ3v) is 3.18. The van der Waals surface area contributed by atoms with Crippen LogP contribution in [0.2, 0.25) is 0 Å². The van der Waals surface area contributed by atoms with Crippen molar-refractivity contribution < 1.29 is 19.1 Å². The van der Waals surface area contributed by atoms with Gasteiger partial charge in [-0.2, -0.15) is 0 Å². The van der Waals surface area contributed by atoms with Crippen LogP contribution < -0.4 is 0 Å². The molecule has 0 atom stereocenters. The fourth-order valence-corrected chi connectivity index (χ4v) is 2.36. The van der Waals surface area contributed by atoms with E-state index in [1.165, 1.54) is 0 Å². The lowest BCUT2D eigenvalue weighted by Gasteiger charge is -2.25. The number of carbonyl (C=O) groups is 2. The van der Waals surface area contributed by atoms with Crippen LogP contribution in [0.1, 0.15) is 39.0 Å². The molecule has 0 aliphatic heterocycles. The summed E-state index contributed by atoms with van der Waals surface area (Å²) in [5.74, 6) is -0.444. The summed E-state index contributed by atoms with van der Waals surface area (Å²) in [5.41, 5.74) is -0.429. The third kappa shape index (κ3) is 3.04. The Balaban J connectivity index is 2.58. The lowest BCUT2D eigenvalue weighted by atomic mass is 9.81. The smallest absolute Gasteiger partial charge is 0.313 e. The molecule has 92 valence electrons. The Labute approximate surface area is 96.3 Å². The molecule has 4 nitrogen and oxygen atoms in total. The molecule has 1 saturated carbocycles. The first-order valence-electron chi connectivity index (χ1n) is 5.82. The van der Waals surface area contributed by atoms with Gasteiger partial charge in [-0.05, 0) is 19.8 Å². The van der Waals surface area contributed by atoms with E-state index in [1.807, 2.05) is 0 Å². The van der Waals surface area contributed by atoms with E-state index in [0.29, 0.717) is 13.2 Å². The van der Waals surface area contributed by atoms with Gasteiger partial charge in [0.25, 0.3) is 0 Å². The second-order valence-electron chi connectivity index (χ2n) is 4.33. The first-order chi connectivity index (χ1) is 7.64. The predicted molar refractivity (Wildman–Crippen MR) is 59.0 cm³/mol. The predicted octanol–water partition coefficient (Wildman–Crippen LogP) is 1.72. The summed E-state index contributed by atoms with van der Waals surface area (Å²) in [5, 5.41) is 0. The molecule has 0 bridgehead atoms. The van der Waals surface area contributed by atoms with Gasteiger partial charge >= 0.3 is 5.97 Å². The molecule has 1 aliphatic carbocycles. The highest BCUT2D eigenvalue weighted by Gasteiger charge is 2.41. The Kier molecular flexibility index (Phi) is 4.93. The van der Waals surface area contributed by atoms with Crippen LogP contribution in [0.5, 0.6) is 0 Å². The summed E-state index contributed by atoms with van der Waals surface area (Å²) in [6.07, 6.45) is 3.63. The van der Waals surface area contributed by atoms with Crippen LogP contribution in [0.4, 0.5) is 0 Å². The van der Waals surface area contributed by atoms with E-state index in [1.54, 1.807) is 14.0 Å². The third-order valence-electron chi connectivity index (χ3n) is 3.18. The van der Waals surface area contributed by atoms with Gasteiger partial charge in [0.15, 0.2) is 5.78 Å². The monoisotopic (exact) mass is 228 g/mol. The number of hydrogen-bond donors (Lipinski definition) is 0. The van der Waals surface area contributed by atoms with Crippen LogP contribution in [0.25, 0.3) is 0 Å². The average molecular weight is 228 g/mol. The number of ketones is 1. The van der Waals surface area contributed by atoms with Crippen LogP contribution in [0, 0.1) is 5.41 Å². The molecular formula is C12H20O4. The van der Waals surface area contributed by atoms with Gasteiger partial charge in [0, 0.05) is 7.11 Å². The second-order valence-corrected chi connectivity index (χ2v) is 4.33. The molecule has 0 amide bonds. The lowest BCUT2D eigenvalue weighted by Crippen LogP contribution is -2.34. The summed E-state index contributed by atoms with van der Waals surface area (Å²) in [6, 6.07) is 0. The number of hydrogen-bond acceptors (Lipinski definition) is 4. The largest absolute Gasteiger partial charge is 0.466 e. The summed E-state index contributed by atoms with van der Waals surface area (Å²) in [7, 11) is 1.59. The van der Waals surface area contributed by atoms with E-state index in [9.17, 15) is 9.59 Å². The number of rotatable bonds is 6. The number of methoxy groups -OCH3 is 1. The Bertz CT molecular complexity index is 254. The molecule has 0 aromatic rings. The van der Waals surface area contributed by atoms with Crippen molar-refractivity contribution in [2.75, 3.05) is 20.3 Å². The molecule has 0 aromatic heterocycles. The molecule has 0 radical (unpaired) electrons. The Morgan fingerprint density at radius 2 is 1.88 bits per heavy atom. The van der Waals surface area contributed by atoms with Crippen LogP contribution in [0.3, 0.4) is 0 Å². The molecule has 0 N–H and O–H groups in total. The van der Waals surface area contributed by atoms with Gasteiger partial charge in [-0.3, -0.25) is 9.59 Å². The minimum absolute atomic E-state index is 0.0229. The zero-order chi connectivity index (χ0) is 12.0. The van der Waals surface area contributed by atoms with Crippen molar-refractivity contribution in [3.05, 3.63) is 0 Å². The molecule has 0 aromatic carbocycles. The number of carbonyl (C=O) groups excluding carboxylic acids is 2. The first kappa shape index (κ1) is 13.2. The zero-order valence-electron chi connectivity index (χ0n) is 10.1.